The third kappa shape index (κ3) is 5.43. The molecule has 2 aromatic rings. The summed E-state index contributed by atoms with van der Waals surface area (Å²) in [5.41, 5.74) is 1.32. The lowest BCUT2D eigenvalue weighted by molar-refractivity contribution is -0.139. The summed E-state index contributed by atoms with van der Waals surface area (Å²) in [7, 11) is 4.32. The van der Waals surface area contributed by atoms with Gasteiger partial charge < -0.3 is 29.0 Å². The van der Waals surface area contributed by atoms with E-state index in [4.69, 9.17) is 23.7 Å². The summed E-state index contributed by atoms with van der Waals surface area (Å²) in [6.45, 7) is 1.68. The fourth-order valence-corrected chi connectivity index (χ4v) is 3.35. The van der Waals surface area contributed by atoms with Gasteiger partial charge in [-0.25, -0.2) is 9.59 Å². The van der Waals surface area contributed by atoms with E-state index in [2.05, 4.69) is 5.32 Å². The molecule has 1 aliphatic heterocycles. The SMILES string of the molecule is COc1cc(C(=O)O[C@H](C)[C@H]2C(=O)N/C2=C\C(=O)OCc2ccccc2)cc(OC)c1OC. The molecule has 9 nitrogen and oxygen atoms in total. The minimum Gasteiger partial charge on any atom is -0.493 e. The van der Waals surface area contributed by atoms with Gasteiger partial charge in [-0.1, -0.05) is 30.3 Å². The summed E-state index contributed by atoms with van der Waals surface area (Å²) in [6, 6.07) is 12.1. The lowest BCUT2D eigenvalue weighted by atomic mass is 9.90. The summed E-state index contributed by atoms with van der Waals surface area (Å²) in [5.74, 6) is -1.54. The number of rotatable bonds is 9. The van der Waals surface area contributed by atoms with Gasteiger partial charge in [0.1, 0.15) is 18.6 Å². The summed E-state index contributed by atoms with van der Waals surface area (Å²) < 4.78 is 26.4. The van der Waals surface area contributed by atoms with Crippen molar-refractivity contribution in [2.75, 3.05) is 21.3 Å². The number of amides is 1. The van der Waals surface area contributed by atoms with E-state index < -0.39 is 24.0 Å². The molecule has 1 N–H and O–H groups in total. The first kappa shape index (κ1) is 23.6. The normalized spacial score (nSPS) is 16.8. The zero-order chi connectivity index (χ0) is 24.0. The molecule has 1 aliphatic rings. The van der Waals surface area contributed by atoms with Crippen LogP contribution < -0.4 is 19.5 Å². The molecule has 2 atom stereocenters. The molecular weight excluding hydrogens is 430 g/mol. The Kier molecular flexibility index (Phi) is 7.55. The van der Waals surface area contributed by atoms with Crippen molar-refractivity contribution in [3.05, 3.63) is 65.4 Å². The van der Waals surface area contributed by atoms with E-state index in [0.717, 1.165) is 5.56 Å². The van der Waals surface area contributed by atoms with Crippen molar-refractivity contribution >= 4 is 17.8 Å². The van der Waals surface area contributed by atoms with Crippen molar-refractivity contribution in [2.45, 2.75) is 19.6 Å². The molecule has 3 rings (SSSR count). The fraction of sp³-hybridized carbons (Fsp3) is 0.292. The molecule has 174 valence electrons. The second kappa shape index (κ2) is 10.5. The molecule has 0 spiro atoms. The quantitative estimate of drug-likeness (QED) is 0.349. The maximum Gasteiger partial charge on any atom is 0.338 e. The second-order valence-corrected chi connectivity index (χ2v) is 7.18. The maximum absolute atomic E-state index is 12.7. The highest BCUT2D eigenvalue weighted by Crippen LogP contribution is 2.38. The van der Waals surface area contributed by atoms with E-state index in [1.807, 2.05) is 30.3 Å². The number of methoxy groups -OCH3 is 3. The number of benzene rings is 2. The van der Waals surface area contributed by atoms with Crippen molar-refractivity contribution < 1.29 is 38.1 Å². The summed E-state index contributed by atoms with van der Waals surface area (Å²) in [4.78, 5) is 36.9. The second-order valence-electron chi connectivity index (χ2n) is 7.18. The lowest BCUT2D eigenvalue weighted by Crippen LogP contribution is -2.52. The summed E-state index contributed by atoms with van der Waals surface area (Å²) in [6.07, 6.45) is 0.359. The van der Waals surface area contributed by atoms with Crippen LogP contribution in [0.3, 0.4) is 0 Å². The van der Waals surface area contributed by atoms with Crippen molar-refractivity contribution in [3.8, 4) is 17.2 Å². The third-order valence-electron chi connectivity index (χ3n) is 5.05. The molecule has 0 aliphatic carbocycles. The number of ether oxygens (including phenoxy) is 5. The standard InChI is InChI=1S/C24H25NO8/c1-14(33-24(28)16-10-18(29-2)22(31-4)19(11-16)30-3)21-17(25-23(21)27)12-20(26)32-13-15-8-6-5-7-9-15/h5-12,14,21H,13H2,1-4H3,(H,25,27)/b17-12-/t14-,21-/m1/s1. The predicted octanol–water partition coefficient (Wildman–Crippen LogP) is 2.63. The molecule has 1 amide bonds. The van der Waals surface area contributed by atoms with E-state index >= 15 is 0 Å². The first-order valence-electron chi connectivity index (χ1n) is 10.1. The van der Waals surface area contributed by atoms with Crippen LogP contribution in [0, 0.1) is 5.92 Å². The van der Waals surface area contributed by atoms with Crippen LogP contribution in [0.15, 0.2) is 54.2 Å². The summed E-state index contributed by atoms with van der Waals surface area (Å²) in [5, 5.41) is 2.54. The van der Waals surface area contributed by atoms with Gasteiger partial charge in [-0.15, -0.1) is 0 Å². The number of carbonyl (C=O) groups is 3. The minimum absolute atomic E-state index is 0.105. The minimum atomic E-state index is -0.835. The monoisotopic (exact) mass is 455 g/mol. The Hall–Kier alpha value is -4.01. The van der Waals surface area contributed by atoms with E-state index in [-0.39, 0.29) is 18.1 Å². The first-order valence-corrected chi connectivity index (χ1v) is 10.1. The molecule has 1 heterocycles. The van der Waals surface area contributed by atoms with Gasteiger partial charge in [0.2, 0.25) is 11.7 Å². The highest BCUT2D eigenvalue weighted by Gasteiger charge is 2.41. The zero-order valence-corrected chi connectivity index (χ0v) is 18.7. The van der Waals surface area contributed by atoms with Crippen LogP contribution in [0.25, 0.3) is 0 Å². The van der Waals surface area contributed by atoms with Crippen LogP contribution in [0.2, 0.25) is 0 Å². The smallest absolute Gasteiger partial charge is 0.338 e. The molecule has 0 radical (unpaired) electrons. The zero-order valence-electron chi connectivity index (χ0n) is 18.7. The van der Waals surface area contributed by atoms with E-state index in [9.17, 15) is 14.4 Å². The van der Waals surface area contributed by atoms with E-state index in [1.54, 1.807) is 6.92 Å². The number of esters is 2. The van der Waals surface area contributed by atoms with E-state index in [1.165, 1.54) is 39.5 Å². The number of nitrogens with one attached hydrogen (secondary N) is 1. The maximum atomic E-state index is 12.7. The Balaban J connectivity index is 1.66. The van der Waals surface area contributed by atoms with Crippen LogP contribution in [-0.4, -0.2) is 45.3 Å². The Morgan fingerprint density at radius 3 is 2.21 bits per heavy atom. The highest BCUT2D eigenvalue weighted by atomic mass is 16.5. The van der Waals surface area contributed by atoms with E-state index in [0.29, 0.717) is 22.9 Å². The van der Waals surface area contributed by atoms with Crippen LogP contribution in [0.5, 0.6) is 17.2 Å². The Labute approximate surface area is 191 Å². The molecular formula is C24H25NO8. The molecule has 0 aromatic heterocycles. The van der Waals surface area contributed by atoms with Crippen LogP contribution >= 0.6 is 0 Å². The van der Waals surface area contributed by atoms with Gasteiger partial charge in [-0.3, -0.25) is 4.79 Å². The van der Waals surface area contributed by atoms with Gasteiger partial charge in [-0.2, -0.15) is 0 Å². The predicted molar refractivity (Wildman–Crippen MR) is 117 cm³/mol. The molecule has 33 heavy (non-hydrogen) atoms. The Morgan fingerprint density at radius 2 is 1.67 bits per heavy atom. The largest absolute Gasteiger partial charge is 0.493 e. The molecule has 2 aromatic carbocycles. The van der Waals surface area contributed by atoms with Crippen molar-refractivity contribution in [1.82, 2.24) is 5.32 Å². The summed E-state index contributed by atoms with van der Waals surface area (Å²) >= 11 is 0. The Bertz CT molecular complexity index is 1040. The Morgan fingerprint density at radius 1 is 1.03 bits per heavy atom. The average Bonchev–Trinajstić information content (AvgIpc) is 2.81. The van der Waals surface area contributed by atoms with Crippen molar-refractivity contribution in [2.24, 2.45) is 5.92 Å². The molecule has 9 heteroatoms. The molecule has 0 bridgehead atoms. The number of β-lactam (4-membered cyclic amide) rings is 1. The molecule has 0 saturated carbocycles. The van der Waals surface area contributed by atoms with Crippen LogP contribution in [0.4, 0.5) is 0 Å². The van der Waals surface area contributed by atoms with Gasteiger partial charge in [0.25, 0.3) is 0 Å². The topological polar surface area (TPSA) is 109 Å². The molecule has 1 saturated heterocycles. The van der Waals surface area contributed by atoms with Gasteiger partial charge >= 0.3 is 11.9 Å². The fourth-order valence-electron chi connectivity index (χ4n) is 3.35. The average molecular weight is 455 g/mol. The number of carbonyl (C=O) groups excluding carboxylic acids is 3. The van der Waals surface area contributed by atoms with Gasteiger partial charge in [0, 0.05) is 11.8 Å². The van der Waals surface area contributed by atoms with Crippen LogP contribution in [-0.2, 0) is 25.7 Å². The number of hydrogen-bond donors (Lipinski definition) is 1. The van der Waals surface area contributed by atoms with Crippen LogP contribution in [0.1, 0.15) is 22.8 Å². The molecule has 0 unspecified atom stereocenters. The van der Waals surface area contributed by atoms with Gasteiger partial charge in [0.05, 0.1) is 26.9 Å². The highest BCUT2D eigenvalue weighted by molar-refractivity contribution is 5.96. The van der Waals surface area contributed by atoms with Crippen molar-refractivity contribution in [3.63, 3.8) is 0 Å². The van der Waals surface area contributed by atoms with Crippen molar-refractivity contribution in [1.29, 1.82) is 0 Å². The van der Waals surface area contributed by atoms with Gasteiger partial charge in [-0.05, 0) is 24.6 Å². The first-order chi connectivity index (χ1) is 15.9. The number of hydrogen-bond acceptors (Lipinski definition) is 8. The third-order valence-corrected chi connectivity index (χ3v) is 5.05. The van der Waals surface area contributed by atoms with Gasteiger partial charge in [0.15, 0.2) is 11.5 Å². The molecule has 1 fully saturated rings. The lowest BCUT2D eigenvalue weighted by Gasteiger charge is -2.33.